The van der Waals surface area contributed by atoms with Crippen molar-refractivity contribution in [3.63, 3.8) is 0 Å². The summed E-state index contributed by atoms with van der Waals surface area (Å²) >= 11 is 0. The zero-order chi connectivity index (χ0) is 22.6. The molecule has 1 amide bonds. The van der Waals surface area contributed by atoms with E-state index in [0.717, 1.165) is 24.8 Å². The number of carbonyl (C=O) groups excluding carboxylic acids is 2. The van der Waals surface area contributed by atoms with Crippen molar-refractivity contribution in [1.82, 2.24) is 0 Å². The third-order valence-electron chi connectivity index (χ3n) is 6.10. The number of hydrogen-bond donors (Lipinski definition) is 2. The van der Waals surface area contributed by atoms with Gasteiger partial charge in [0.25, 0.3) is 0 Å². The Bertz CT molecular complexity index is 801. The van der Waals surface area contributed by atoms with Crippen LogP contribution in [0.15, 0.2) is 54.6 Å². The number of aliphatic hydroxyl groups excluding tert-OH is 1. The highest BCUT2D eigenvalue weighted by Gasteiger charge is 2.29. The maximum atomic E-state index is 12.5. The Morgan fingerprint density at radius 1 is 0.871 bits per heavy atom. The highest BCUT2D eigenvalue weighted by Crippen LogP contribution is 2.25. The van der Waals surface area contributed by atoms with Crippen molar-refractivity contribution in [2.45, 2.75) is 71.3 Å². The Kier molecular flexibility index (Phi) is 10.5. The first kappa shape index (κ1) is 24.8. The molecule has 4 heteroatoms. The molecular formula is C27H37NO3. The summed E-state index contributed by atoms with van der Waals surface area (Å²) in [4.78, 5) is 24.5. The molecule has 0 bridgehead atoms. The van der Waals surface area contributed by atoms with Crippen molar-refractivity contribution < 1.29 is 14.7 Å². The van der Waals surface area contributed by atoms with Crippen molar-refractivity contribution in [2.24, 2.45) is 17.6 Å². The second-order valence-electron chi connectivity index (χ2n) is 8.61. The summed E-state index contributed by atoms with van der Waals surface area (Å²) in [6, 6.07) is 16.7. The Morgan fingerprint density at radius 3 is 2.10 bits per heavy atom. The van der Waals surface area contributed by atoms with E-state index in [1.165, 1.54) is 19.3 Å². The van der Waals surface area contributed by atoms with E-state index < -0.39 is 17.9 Å². The molecule has 0 fully saturated rings. The van der Waals surface area contributed by atoms with Gasteiger partial charge in [-0.05, 0) is 30.7 Å². The van der Waals surface area contributed by atoms with E-state index >= 15 is 0 Å². The summed E-state index contributed by atoms with van der Waals surface area (Å²) in [5.41, 5.74) is 7.96. The van der Waals surface area contributed by atoms with Crippen molar-refractivity contribution in [2.75, 3.05) is 0 Å². The Labute approximate surface area is 186 Å². The van der Waals surface area contributed by atoms with Crippen LogP contribution < -0.4 is 5.73 Å². The van der Waals surface area contributed by atoms with E-state index in [0.29, 0.717) is 24.0 Å². The van der Waals surface area contributed by atoms with Crippen LogP contribution in [-0.4, -0.2) is 22.9 Å². The van der Waals surface area contributed by atoms with Gasteiger partial charge in [0, 0.05) is 11.1 Å². The van der Waals surface area contributed by atoms with Gasteiger partial charge >= 0.3 is 0 Å². The van der Waals surface area contributed by atoms with Gasteiger partial charge in [0.05, 0.1) is 12.0 Å². The number of carbonyl (C=O) groups is 2. The van der Waals surface area contributed by atoms with Crippen LogP contribution in [0, 0.1) is 11.8 Å². The summed E-state index contributed by atoms with van der Waals surface area (Å²) in [6.45, 7) is 4.21. The van der Waals surface area contributed by atoms with Gasteiger partial charge in [-0.3, -0.25) is 9.59 Å². The minimum Gasteiger partial charge on any atom is -0.392 e. The first-order valence-electron chi connectivity index (χ1n) is 11.6. The van der Waals surface area contributed by atoms with Crippen LogP contribution in [0.4, 0.5) is 0 Å². The van der Waals surface area contributed by atoms with E-state index in [4.69, 9.17) is 5.73 Å². The second kappa shape index (κ2) is 13.1. The number of aliphatic hydroxyl groups is 1. The van der Waals surface area contributed by atoms with Crippen LogP contribution in [0.5, 0.6) is 0 Å². The van der Waals surface area contributed by atoms with Gasteiger partial charge < -0.3 is 10.8 Å². The molecule has 2 aromatic carbocycles. The van der Waals surface area contributed by atoms with Crippen molar-refractivity contribution in [1.29, 1.82) is 0 Å². The smallest absolute Gasteiger partial charge is 0.223 e. The van der Waals surface area contributed by atoms with Gasteiger partial charge in [0.15, 0.2) is 5.78 Å². The molecule has 2 rings (SSSR count). The molecule has 3 N–H and O–H groups in total. The Hall–Kier alpha value is -2.46. The van der Waals surface area contributed by atoms with Crippen LogP contribution in [-0.2, 0) is 11.2 Å². The topological polar surface area (TPSA) is 80.4 Å². The highest BCUT2D eigenvalue weighted by atomic mass is 16.3. The van der Waals surface area contributed by atoms with Gasteiger partial charge in [0.2, 0.25) is 5.91 Å². The summed E-state index contributed by atoms with van der Waals surface area (Å²) in [7, 11) is 0. The van der Waals surface area contributed by atoms with Gasteiger partial charge in [-0.15, -0.1) is 0 Å². The van der Waals surface area contributed by atoms with Gasteiger partial charge in [-0.2, -0.15) is 0 Å². The average molecular weight is 424 g/mol. The van der Waals surface area contributed by atoms with Gasteiger partial charge in [0.1, 0.15) is 0 Å². The Balaban J connectivity index is 1.88. The zero-order valence-corrected chi connectivity index (χ0v) is 18.9. The van der Waals surface area contributed by atoms with Crippen LogP contribution in [0.25, 0.3) is 0 Å². The number of aryl methyl sites for hydroxylation is 1. The minimum atomic E-state index is -0.756. The second-order valence-corrected chi connectivity index (χ2v) is 8.61. The summed E-state index contributed by atoms with van der Waals surface area (Å²) in [5, 5.41) is 10.7. The number of nitrogens with two attached hydrogens (primary N) is 1. The molecule has 0 aliphatic carbocycles. The third-order valence-corrected chi connectivity index (χ3v) is 6.10. The summed E-state index contributed by atoms with van der Waals surface area (Å²) < 4.78 is 0. The fourth-order valence-corrected chi connectivity index (χ4v) is 4.17. The molecule has 0 spiro atoms. The molecule has 2 aromatic rings. The lowest BCUT2D eigenvalue weighted by atomic mass is 9.82. The van der Waals surface area contributed by atoms with Gasteiger partial charge in [-0.25, -0.2) is 0 Å². The first-order valence-corrected chi connectivity index (χ1v) is 11.6. The molecule has 0 aliphatic rings. The lowest BCUT2D eigenvalue weighted by molar-refractivity contribution is -0.127. The van der Waals surface area contributed by atoms with E-state index in [1.54, 1.807) is 0 Å². The van der Waals surface area contributed by atoms with Crippen LogP contribution in [0.2, 0.25) is 0 Å². The van der Waals surface area contributed by atoms with Crippen LogP contribution in [0.1, 0.15) is 80.3 Å². The number of amides is 1. The molecule has 0 saturated carbocycles. The molecule has 0 aliphatic heterocycles. The SMILES string of the molecule is CCCCCCCC(C)C(C(N)=O)C(O)CCc1ccc(C(=O)c2ccccc2)cc1. The number of hydrogen-bond acceptors (Lipinski definition) is 3. The van der Waals surface area contributed by atoms with Gasteiger partial charge in [-0.1, -0.05) is 101 Å². The number of rotatable bonds is 14. The number of ketones is 1. The first-order chi connectivity index (χ1) is 14.9. The molecule has 0 radical (unpaired) electrons. The van der Waals surface area contributed by atoms with Crippen molar-refractivity contribution in [3.05, 3.63) is 71.3 Å². The van der Waals surface area contributed by atoms with Crippen molar-refractivity contribution in [3.8, 4) is 0 Å². The van der Waals surface area contributed by atoms with E-state index in [9.17, 15) is 14.7 Å². The lowest BCUT2D eigenvalue weighted by Gasteiger charge is -2.26. The lowest BCUT2D eigenvalue weighted by Crippen LogP contribution is -2.38. The van der Waals surface area contributed by atoms with Crippen LogP contribution in [0.3, 0.4) is 0 Å². The van der Waals surface area contributed by atoms with Crippen LogP contribution >= 0.6 is 0 Å². The Morgan fingerprint density at radius 2 is 1.48 bits per heavy atom. The zero-order valence-electron chi connectivity index (χ0n) is 18.9. The molecule has 168 valence electrons. The quantitative estimate of drug-likeness (QED) is 0.319. The maximum Gasteiger partial charge on any atom is 0.223 e. The fourth-order valence-electron chi connectivity index (χ4n) is 4.17. The normalized spacial score (nSPS) is 14.0. The summed E-state index contributed by atoms with van der Waals surface area (Å²) in [5.74, 6) is -0.879. The highest BCUT2D eigenvalue weighted by molar-refractivity contribution is 6.08. The molecule has 4 nitrogen and oxygen atoms in total. The predicted octanol–water partition coefficient (Wildman–Crippen LogP) is 5.31. The average Bonchev–Trinajstić information content (AvgIpc) is 2.78. The van der Waals surface area contributed by atoms with E-state index in [2.05, 4.69) is 6.92 Å². The number of unbranched alkanes of at least 4 members (excludes halogenated alkanes) is 4. The number of benzene rings is 2. The molecule has 0 saturated heterocycles. The molecule has 0 heterocycles. The predicted molar refractivity (Wildman–Crippen MR) is 126 cm³/mol. The molecule has 0 aromatic heterocycles. The van der Waals surface area contributed by atoms with E-state index in [-0.39, 0.29) is 11.7 Å². The molecule has 3 atom stereocenters. The maximum absolute atomic E-state index is 12.5. The molecule has 3 unspecified atom stereocenters. The van der Waals surface area contributed by atoms with Crippen molar-refractivity contribution >= 4 is 11.7 Å². The minimum absolute atomic E-state index is 0.00580. The summed E-state index contributed by atoms with van der Waals surface area (Å²) in [6.07, 6.45) is 7.15. The monoisotopic (exact) mass is 423 g/mol. The van der Waals surface area contributed by atoms with E-state index in [1.807, 2.05) is 61.5 Å². The molecular weight excluding hydrogens is 386 g/mol. The third kappa shape index (κ3) is 7.95. The fraction of sp³-hybridized carbons (Fsp3) is 0.481. The number of primary amides is 1. The standard InChI is InChI=1S/C27H37NO3/c1-3-4-5-6-8-11-20(2)25(27(28)31)24(29)19-16-21-14-17-23(18-15-21)26(30)22-12-9-7-10-13-22/h7,9-10,12-15,17-18,20,24-25,29H,3-6,8,11,16,19H2,1-2H3,(H2,28,31). The molecule has 31 heavy (non-hydrogen) atoms. The largest absolute Gasteiger partial charge is 0.392 e.